The van der Waals surface area contributed by atoms with Crippen molar-refractivity contribution in [1.29, 1.82) is 0 Å². The molecule has 0 atom stereocenters. The molecule has 0 radical (unpaired) electrons. The van der Waals surface area contributed by atoms with E-state index < -0.39 is 15.1 Å². The Morgan fingerprint density at radius 2 is 1.59 bits per heavy atom. The first-order chi connectivity index (χ1) is 7.91. The predicted octanol–water partition coefficient (Wildman–Crippen LogP) is 2.60. The van der Waals surface area contributed by atoms with Crippen LogP contribution in [0.1, 0.15) is 13.8 Å². The van der Waals surface area contributed by atoms with Crippen molar-refractivity contribution in [3.8, 4) is 0 Å². The summed E-state index contributed by atoms with van der Waals surface area (Å²) in [6.45, 7) is 3.37. The molecule has 0 saturated heterocycles. The molecular weight excluding hydrogens is 234 g/mol. The smallest absolute Gasteiger partial charge is 0.180 e. The molecule has 2 rings (SSSR count). The van der Waals surface area contributed by atoms with Gasteiger partial charge in [0.2, 0.25) is 0 Å². The van der Waals surface area contributed by atoms with Gasteiger partial charge in [-0.1, -0.05) is 12.1 Å². The number of nitrogen functional groups attached to an aromatic ring is 1. The Morgan fingerprint density at radius 1 is 1.00 bits per heavy atom. The lowest BCUT2D eigenvalue weighted by Crippen LogP contribution is -2.13. The van der Waals surface area contributed by atoms with E-state index in [0.717, 1.165) is 10.8 Å². The van der Waals surface area contributed by atoms with Gasteiger partial charge in [-0.15, -0.1) is 0 Å². The highest BCUT2D eigenvalue weighted by atomic mass is 32.2. The van der Waals surface area contributed by atoms with Crippen LogP contribution in [0.25, 0.3) is 10.8 Å². The fourth-order valence-corrected chi connectivity index (χ4v) is 2.78. The average Bonchev–Trinajstić information content (AvgIpc) is 2.28. The number of benzene rings is 2. The molecule has 17 heavy (non-hydrogen) atoms. The molecule has 0 saturated carbocycles. The van der Waals surface area contributed by atoms with Gasteiger partial charge in [0.1, 0.15) is 0 Å². The van der Waals surface area contributed by atoms with E-state index in [9.17, 15) is 8.42 Å². The van der Waals surface area contributed by atoms with Crippen molar-refractivity contribution >= 4 is 26.3 Å². The van der Waals surface area contributed by atoms with Gasteiger partial charge in [0, 0.05) is 5.69 Å². The summed E-state index contributed by atoms with van der Waals surface area (Å²) in [6, 6.07) is 10.6. The van der Waals surface area contributed by atoms with Crippen LogP contribution in [0.5, 0.6) is 0 Å². The van der Waals surface area contributed by atoms with Crippen molar-refractivity contribution in [1.82, 2.24) is 0 Å². The fourth-order valence-electron chi connectivity index (χ4n) is 1.69. The molecule has 4 heteroatoms. The molecule has 0 bridgehead atoms. The molecule has 0 amide bonds. The lowest BCUT2D eigenvalue weighted by Gasteiger charge is -2.09. The number of fused-ring (bicyclic) bond motifs is 1. The van der Waals surface area contributed by atoms with Crippen LogP contribution < -0.4 is 5.73 Å². The summed E-state index contributed by atoms with van der Waals surface area (Å²) in [5.41, 5.74) is 6.36. The number of sulfone groups is 1. The summed E-state index contributed by atoms with van der Waals surface area (Å²) < 4.78 is 24.0. The van der Waals surface area contributed by atoms with Crippen LogP contribution in [0.4, 0.5) is 5.69 Å². The highest BCUT2D eigenvalue weighted by Gasteiger charge is 2.18. The van der Waals surface area contributed by atoms with Gasteiger partial charge in [0.05, 0.1) is 10.1 Å². The van der Waals surface area contributed by atoms with Gasteiger partial charge in [-0.3, -0.25) is 0 Å². The molecule has 0 aliphatic rings. The lowest BCUT2D eigenvalue weighted by molar-refractivity contribution is 0.587. The minimum atomic E-state index is -3.21. The number of nitrogens with two attached hydrogens (primary N) is 1. The summed E-state index contributed by atoms with van der Waals surface area (Å²) in [7, 11) is -3.21. The second-order valence-electron chi connectivity index (χ2n) is 4.36. The fraction of sp³-hybridized carbons (Fsp3) is 0.231. The quantitative estimate of drug-likeness (QED) is 0.832. The van der Waals surface area contributed by atoms with Crippen molar-refractivity contribution in [3.05, 3.63) is 36.4 Å². The van der Waals surface area contributed by atoms with E-state index in [1.54, 1.807) is 38.1 Å². The molecule has 2 aromatic carbocycles. The molecule has 0 aliphatic carbocycles. The van der Waals surface area contributed by atoms with Crippen LogP contribution in [-0.4, -0.2) is 13.7 Å². The zero-order valence-corrected chi connectivity index (χ0v) is 10.7. The third-order valence-electron chi connectivity index (χ3n) is 2.78. The highest BCUT2D eigenvalue weighted by molar-refractivity contribution is 7.92. The molecule has 0 aliphatic heterocycles. The van der Waals surface area contributed by atoms with Crippen LogP contribution in [0.2, 0.25) is 0 Å². The molecule has 0 heterocycles. The van der Waals surface area contributed by atoms with E-state index in [4.69, 9.17) is 5.73 Å². The summed E-state index contributed by atoms with van der Waals surface area (Å²) in [6.07, 6.45) is 0. The molecule has 0 unspecified atom stereocenters. The zero-order valence-electron chi connectivity index (χ0n) is 9.84. The van der Waals surface area contributed by atoms with Crippen LogP contribution in [-0.2, 0) is 9.84 Å². The minimum Gasteiger partial charge on any atom is -0.399 e. The zero-order chi connectivity index (χ0) is 12.6. The first-order valence-corrected chi connectivity index (χ1v) is 6.99. The summed E-state index contributed by atoms with van der Waals surface area (Å²) >= 11 is 0. The maximum absolute atomic E-state index is 12.0. The SMILES string of the molecule is CC(C)S(=O)(=O)c1ccc2cc(N)ccc2c1. The van der Waals surface area contributed by atoms with E-state index >= 15 is 0 Å². The van der Waals surface area contributed by atoms with E-state index in [2.05, 4.69) is 0 Å². The van der Waals surface area contributed by atoms with E-state index in [0.29, 0.717) is 10.6 Å². The first kappa shape index (κ1) is 11.9. The van der Waals surface area contributed by atoms with Crippen molar-refractivity contribution < 1.29 is 8.42 Å². The van der Waals surface area contributed by atoms with E-state index in [1.165, 1.54) is 0 Å². The Hall–Kier alpha value is -1.55. The van der Waals surface area contributed by atoms with E-state index in [1.807, 2.05) is 12.1 Å². The van der Waals surface area contributed by atoms with Crippen molar-refractivity contribution in [2.45, 2.75) is 24.0 Å². The third-order valence-corrected chi connectivity index (χ3v) is 4.94. The highest BCUT2D eigenvalue weighted by Crippen LogP contribution is 2.23. The maximum Gasteiger partial charge on any atom is 0.180 e. The molecule has 0 fully saturated rings. The predicted molar refractivity (Wildman–Crippen MR) is 70.7 cm³/mol. The molecule has 0 aromatic heterocycles. The Bertz CT molecular complexity index is 660. The monoisotopic (exact) mass is 249 g/mol. The van der Waals surface area contributed by atoms with Gasteiger partial charge < -0.3 is 5.73 Å². The normalized spacial score (nSPS) is 12.2. The standard InChI is InChI=1S/C13H15NO2S/c1-9(2)17(15,16)13-6-4-10-7-12(14)5-3-11(10)8-13/h3-9H,14H2,1-2H3. The number of hydrogen-bond donors (Lipinski definition) is 1. The van der Waals surface area contributed by atoms with Crippen molar-refractivity contribution in [2.75, 3.05) is 5.73 Å². The van der Waals surface area contributed by atoms with Crippen molar-refractivity contribution in [3.63, 3.8) is 0 Å². The summed E-state index contributed by atoms with van der Waals surface area (Å²) in [4.78, 5) is 0.366. The molecule has 90 valence electrons. The Labute approximate surface area is 101 Å². The molecular formula is C13H15NO2S. The summed E-state index contributed by atoms with van der Waals surface area (Å²) in [5.74, 6) is 0. The maximum atomic E-state index is 12.0. The Morgan fingerprint density at radius 3 is 2.24 bits per heavy atom. The lowest BCUT2D eigenvalue weighted by atomic mass is 10.1. The van der Waals surface area contributed by atoms with Gasteiger partial charge in [0.15, 0.2) is 9.84 Å². The van der Waals surface area contributed by atoms with Crippen LogP contribution in [0.3, 0.4) is 0 Å². The van der Waals surface area contributed by atoms with Gasteiger partial charge in [-0.05, 0) is 48.9 Å². The third kappa shape index (κ3) is 2.13. The number of rotatable bonds is 2. The van der Waals surface area contributed by atoms with Crippen LogP contribution in [0, 0.1) is 0 Å². The average molecular weight is 249 g/mol. The molecule has 2 aromatic rings. The van der Waals surface area contributed by atoms with Crippen LogP contribution in [0.15, 0.2) is 41.3 Å². The topological polar surface area (TPSA) is 60.2 Å². The van der Waals surface area contributed by atoms with Gasteiger partial charge in [-0.2, -0.15) is 0 Å². The Kier molecular flexibility index (Phi) is 2.83. The number of anilines is 1. The second kappa shape index (κ2) is 4.04. The van der Waals surface area contributed by atoms with Crippen LogP contribution >= 0.6 is 0 Å². The van der Waals surface area contributed by atoms with Gasteiger partial charge in [0.25, 0.3) is 0 Å². The summed E-state index contributed by atoms with van der Waals surface area (Å²) in [5, 5.41) is 1.43. The Balaban J connectivity index is 2.64. The second-order valence-corrected chi connectivity index (χ2v) is 6.87. The van der Waals surface area contributed by atoms with Gasteiger partial charge >= 0.3 is 0 Å². The number of hydrogen-bond acceptors (Lipinski definition) is 3. The van der Waals surface area contributed by atoms with Gasteiger partial charge in [-0.25, -0.2) is 8.42 Å². The largest absolute Gasteiger partial charge is 0.399 e. The minimum absolute atomic E-state index is 0.366. The van der Waals surface area contributed by atoms with E-state index in [-0.39, 0.29) is 0 Å². The first-order valence-electron chi connectivity index (χ1n) is 5.44. The van der Waals surface area contributed by atoms with Crippen molar-refractivity contribution in [2.24, 2.45) is 0 Å². The molecule has 0 spiro atoms. The molecule has 3 nitrogen and oxygen atoms in total. The molecule has 2 N–H and O–H groups in total.